The maximum atomic E-state index is 3.68. The fraction of sp³-hybridized carbons (Fsp3) is 1.00. The van der Waals surface area contributed by atoms with Crippen LogP contribution in [0.25, 0.3) is 0 Å². The Bertz CT molecular complexity index is 120. The lowest BCUT2D eigenvalue weighted by Crippen LogP contribution is -2.41. The average Bonchev–Trinajstić information content (AvgIpc) is 2.86. The molecule has 2 aliphatic rings. The van der Waals surface area contributed by atoms with Gasteiger partial charge in [-0.3, -0.25) is 0 Å². The van der Waals surface area contributed by atoms with E-state index in [4.69, 9.17) is 0 Å². The third kappa shape index (κ3) is 2.98. The second-order valence-corrected chi connectivity index (χ2v) is 3.98. The molecule has 86 valence electrons. The molecule has 1 heteroatoms. The molecule has 1 aliphatic carbocycles. The normalized spacial score (nSPS) is 34.5. The van der Waals surface area contributed by atoms with Crippen LogP contribution in [0.15, 0.2) is 0 Å². The van der Waals surface area contributed by atoms with Gasteiger partial charge in [-0.15, -0.1) is 0 Å². The van der Waals surface area contributed by atoms with Gasteiger partial charge in [0, 0.05) is 5.54 Å². The van der Waals surface area contributed by atoms with E-state index in [2.05, 4.69) is 12.2 Å². The molecule has 2 fully saturated rings. The van der Waals surface area contributed by atoms with Gasteiger partial charge in [0.1, 0.15) is 0 Å². The van der Waals surface area contributed by atoms with E-state index in [0.717, 1.165) is 5.92 Å². The summed E-state index contributed by atoms with van der Waals surface area (Å²) in [5.74, 6) is 0.940. The first-order valence-corrected chi connectivity index (χ1v) is 6.58. The Hall–Kier alpha value is -0.0400. The van der Waals surface area contributed by atoms with Crippen molar-refractivity contribution in [2.45, 2.75) is 72.3 Å². The summed E-state index contributed by atoms with van der Waals surface area (Å²) in [5, 5.41) is 3.68. The Morgan fingerprint density at radius 3 is 1.93 bits per heavy atom. The molecule has 2 unspecified atom stereocenters. The summed E-state index contributed by atoms with van der Waals surface area (Å²) in [5.41, 5.74) is 0.597. The Labute approximate surface area is 90.7 Å². The molecular weight excluding hydrogens is 170 g/mol. The van der Waals surface area contributed by atoms with Crippen LogP contribution in [0.5, 0.6) is 0 Å². The van der Waals surface area contributed by atoms with E-state index in [9.17, 15) is 0 Å². The largest absolute Gasteiger partial charge is 0.311 e. The van der Waals surface area contributed by atoms with Crippen LogP contribution in [0.4, 0.5) is 0 Å². The quantitative estimate of drug-likeness (QED) is 0.622. The van der Waals surface area contributed by atoms with Crippen molar-refractivity contribution < 1.29 is 0 Å². The minimum absolute atomic E-state index is 0.597. The summed E-state index contributed by atoms with van der Waals surface area (Å²) in [6.07, 6.45) is 7.19. The fourth-order valence-electron chi connectivity index (χ4n) is 2.71. The molecule has 1 spiro atoms. The van der Waals surface area contributed by atoms with E-state index in [1.165, 1.54) is 38.6 Å². The van der Waals surface area contributed by atoms with Crippen molar-refractivity contribution in [2.75, 3.05) is 6.54 Å². The molecule has 2 rings (SSSR count). The predicted molar refractivity (Wildman–Crippen MR) is 65.7 cm³/mol. The van der Waals surface area contributed by atoms with Crippen LogP contribution in [-0.4, -0.2) is 12.1 Å². The van der Waals surface area contributed by atoms with E-state index in [1.54, 1.807) is 0 Å². The lowest BCUT2D eigenvalue weighted by Gasteiger charge is -2.28. The van der Waals surface area contributed by atoms with Crippen molar-refractivity contribution in [3.8, 4) is 0 Å². The summed E-state index contributed by atoms with van der Waals surface area (Å²) < 4.78 is 0. The highest BCUT2D eigenvalue weighted by atomic mass is 15.0. The first-order chi connectivity index (χ1) is 6.83. The van der Waals surface area contributed by atoms with Crippen LogP contribution < -0.4 is 5.32 Å². The molecule has 1 N–H and O–H groups in total. The zero-order chi connectivity index (χ0) is 11.0. The molecule has 0 aromatic heterocycles. The van der Waals surface area contributed by atoms with Crippen molar-refractivity contribution in [1.29, 1.82) is 0 Å². The number of hydrogen-bond acceptors (Lipinski definition) is 1. The smallest absolute Gasteiger partial charge is 0.0207 e. The molecule has 1 aliphatic heterocycles. The summed E-state index contributed by atoms with van der Waals surface area (Å²) in [6.45, 7) is 11.7. The second-order valence-electron chi connectivity index (χ2n) is 3.98. The van der Waals surface area contributed by atoms with Gasteiger partial charge in [-0.25, -0.2) is 0 Å². The number of hydrogen-bond donors (Lipinski definition) is 1. The van der Waals surface area contributed by atoms with Gasteiger partial charge in [0.2, 0.25) is 0 Å². The summed E-state index contributed by atoms with van der Waals surface area (Å²) in [7, 11) is 0. The predicted octanol–water partition coefficient (Wildman–Crippen LogP) is 3.98. The van der Waals surface area contributed by atoms with Crippen molar-refractivity contribution in [2.24, 2.45) is 5.92 Å². The minimum Gasteiger partial charge on any atom is -0.311 e. The standard InChI is InChI=1S/C9H17N.2C2H6/c1-8-4-2-5-9(8)6-3-7-10-9;2*1-2/h8,10H,2-7H2,1H3;2*1-2H3. The van der Waals surface area contributed by atoms with Gasteiger partial charge in [-0.05, 0) is 38.1 Å². The van der Waals surface area contributed by atoms with Crippen LogP contribution in [-0.2, 0) is 0 Å². The molecule has 1 saturated carbocycles. The molecule has 0 aromatic rings. The molecular formula is C13H29N. The molecule has 0 radical (unpaired) electrons. The Kier molecular flexibility index (Phi) is 7.26. The lowest BCUT2D eigenvalue weighted by molar-refractivity contribution is 0.299. The summed E-state index contributed by atoms with van der Waals surface area (Å²) >= 11 is 0. The van der Waals surface area contributed by atoms with Crippen LogP contribution >= 0.6 is 0 Å². The van der Waals surface area contributed by atoms with Crippen molar-refractivity contribution in [3.05, 3.63) is 0 Å². The monoisotopic (exact) mass is 199 g/mol. The number of rotatable bonds is 0. The van der Waals surface area contributed by atoms with E-state index < -0.39 is 0 Å². The second kappa shape index (κ2) is 7.28. The van der Waals surface area contributed by atoms with Crippen LogP contribution in [0.1, 0.15) is 66.7 Å². The van der Waals surface area contributed by atoms with Crippen molar-refractivity contribution >= 4 is 0 Å². The molecule has 1 nitrogen and oxygen atoms in total. The van der Waals surface area contributed by atoms with Crippen LogP contribution in [0.3, 0.4) is 0 Å². The highest BCUT2D eigenvalue weighted by molar-refractivity contribution is 5.00. The lowest BCUT2D eigenvalue weighted by atomic mass is 9.87. The maximum Gasteiger partial charge on any atom is 0.0207 e. The van der Waals surface area contributed by atoms with E-state index >= 15 is 0 Å². The third-order valence-corrected chi connectivity index (χ3v) is 3.48. The van der Waals surface area contributed by atoms with Gasteiger partial charge in [-0.2, -0.15) is 0 Å². The van der Waals surface area contributed by atoms with Gasteiger partial charge in [-0.1, -0.05) is 41.0 Å². The number of nitrogens with one attached hydrogen (secondary N) is 1. The van der Waals surface area contributed by atoms with E-state index in [0.29, 0.717) is 5.54 Å². The van der Waals surface area contributed by atoms with Crippen LogP contribution in [0, 0.1) is 5.92 Å². The molecule has 0 aromatic carbocycles. The average molecular weight is 199 g/mol. The summed E-state index contributed by atoms with van der Waals surface area (Å²) in [4.78, 5) is 0. The highest BCUT2D eigenvalue weighted by Gasteiger charge is 2.41. The first-order valence-electron chi connectivity index (χ1n) is 6.58. The van der Waals surface area contributed by atoms with Gasteiger partial charge in [0.15, 0.2) is 0 Å². The molecule has 1 heterocycles. The molecule has 14 heavy (non-hydrogen) atoms. The first kappa shape index (κ1) is 14.0. The van der Waals surface area contributed by atoms with Crippen molar-refractivity contribution in [1.82, 2.24) is 5.32 Å². The van der Waals surface area contributed by atoms with Gasteiger partial charge >= 0.3 is 0 Å². The van der Waals surface area contributed by atoms with E-state index in [1.807, 2.05) is 27.7 Å². The molecule has 2 atom stereocenters. The Balaban J connectivity index is 0.000000379. The maximum absolute atomic E-state index is 3.68. The molecule has 1 saturated heterocycles. The Morgan fingerprint density at radius 1 is 1.00 bits per heavy atom. The van der Waals surface area contributed by atoms with Crippen LogP contribution in [0.2, 0.25) is 0 Å². The van der Waals surface area contributed by atoms with E-state index in [-0.39, 0.29) is 0 Å². The summed E-state index contributed by atoms with van der Waals surface area (Å²) in [6, 6.07) is 0. The topological polar surface area (TPSA) is 12.0 Å². The van der Waals surface area contributed by atoms with Crippen molar-refractivity contribution in [3.63, 3.8) is 0 Å². The zero-order valence-corrected chi connectivity index (χ0v) is 10.8. The highest BCUT2D eigenvalue weighted by Crippen LogP contribution is 2.40. The van der Waals surface area contributed by atoms with Gasteiger partial charge in [0.05, 0.1) is 0 Å². The Morgan fingerprint density at radius 2 is 1.57 bits per heavy atom. The molecule has 0 amide bonds. The SMILES string of the molecule is CC.CC.CC1CCCC12CCCN2. The third-order valence-electron chi connectivity index (χ3n) is 3.48. The minimum atomic E-state index is 0.597. The van der Waals surface area contributed by atoms with Gasteiger partial charge in [0.25, 0.3) is 0 Å². The molecule has 0 bridgehead atoms. The van der Waals surface area contributed by atoms with Gasteiger partial charge < -0.3 is 5.32 Å². The zero-order valence-electron chi connectivity index (χ0n) is 10.8. The fourth-order valence-corrected chi connectivity index (χ4v) is 2.71.